The van der Waals surface area contributed by atoms with Gasteiger partial charge in [0, 0.05) is 31.9 Å². The Labute approximate surface area is 115 Å². The molecule has 1 aromatic carbocycles. The maximum Gasteiger partial charge on any atom is 0.119 e. The minimum Gasteiger partial charge on any atom is -0.490 e. The van der Waals surface area contributed by atoms with E-state index >= 15 is 0 Å². The second-order valence-corrected chi connectivity index (χ2v) is 5.61. The smallest absolute Gasteiger partial charge is 0.119 e. The molecule has 0 bridgehead atoms. The number of hydrogen-bond acceptors (Lipinski definition) is 3. The van der Waals surface area contributed by atoms with Crippen LogP contribution in [0.15, 0.2) is 24.3 Å². The Bertz CT molecular complexity index is 378. The van der Waals surface area contributed by atoms with Crippen molar-refractivity contribution in [3.63, 3.8) is 0 Å². The molecule has 3 nitrogen and oxygen atoms in total. The maximum absolute atomic E-state index is 6.07. The molecule has 2 fully saturated rings. The third kappa shape index (κ3) is 3.41. The fourth-order valence-corrected chi connectivity index (χ4v) is 3.03. The molecular formula is C16H24N2O. The molecule has 1 heterocycles. The maximum atomic E-state index is 6.07. The van der Waals surface area contributed by atoms with Crippen molar-refractivity contribution < 1.29 is 4.74 Å². The van der Waals surface area contributed by atoms with Crippen molar-refractivity contribution in [3.8, 4) is 5.75 Å². The van der Waals surface area contributed by atoms with Crippen molar-refractivity contribution in [2.75, 3.05) is 31.1 Å². The Morgan fingerprint density at radius 3 is 2.32 bits per heavy atom. The fourth-order valence-electron chi connectivity index (χ4n) is 3.03. The second kappa shape index (κ2) is 6.29. The Balaban J connectivity index is 1.58. The summed E-state index contributed by atoms with van der Waals surface area (Å²) in [6.45, 7) is 4.37. The number of anilines is 1. The molecule has 0 aromatic heterocycles. The van der Waals surface area contributed by atoms with Gasteiger partial charge in [-0.3, -0.25) is 0 Å². The summed E-state index contributed by atoms with van der Waals surface area (Å²) in [4.78, 5) is 2.43. The van der Waals surface area contributed by atoms with Gasteiger partial charge in [0.05, 0.1) is 6.10 Å². The minimum atomic E-state index is 0.443. The molecule has 3 heteroatoms. The molecule has 1 aromatic rings. The molecule has 0 radical (unpaired) electrons. The number of piperazine rings is 1. The van der Waals surface area contributed by atoms with Crippen LogP contribution < -0.4 is 15.0 Å². The Morgan fingerprint density at radius 1 is 0.947 bits per heavy atom. The van der Waals surface area contributed by atoms with Gasteiger partial charge in [-0.05, 0) is 49.9 Å². The largest absolute Gasteiger partial charge is 0.490 e. The molecular weight excluding hydrogens is 236 g/mol. The van der Waals surface area contributed by atoms with Crippen molar-refractivity contribution >= 4 is 5.69 Å². The first-order valence-electron chi connectivity index (χ1n) is 7.64. The average molecular weight is 260 g/mol. The highest BCUT2D eigenvalue weighted by Crippen LogP contribution is 2.25. The molecule has 19 heavy (non-hydrogen) atoms. The minimum absolute atomic E-state index is 0.443. The summed E-state index contributed by atoms with van der Waals surface area (Å²) in [7, 11) is 0. The predicted molar refractivity (Wildman–Crippen MR) is 79.0 cm³/mol. The lowest BCUT2D eigenvalue weighted by Crippen LogP contribution is -2.43. The number of nitrogens with zero attached hydrogens (tertiary/aromatic N) is 1. The summed E-state index contributed by atoms with van der Waals surface area (Å²) in [6.07, 6.45) is 6.91. The molecule has 0 atom stereocenters. The molecule has 3 rings (SSSR count). The average Bonchev–Trinajstić information content (AvgIpc) is 2.50. The van der Waals surface area contributed by atoms with Crippen LogP contribution in [-0.2, 0) is 0 Å². The monoisotopic (exact) mass is 260 g/mol. The summed E-state index contributed by atoms with van der Waals surface area (Å²) in [5.41, 5.74) is 1.32. The van der Waals surface area contributed by atoms with Gasteiger partial charge < -0.3 is 15.0 Å². The molecule has 1 aliphatic carbocycles. The molecule has 2 aliphatic rings. The highest BCUT2D eigenvalue weighted by atomic mass is 16.5. The van der Waals surface area contributed by atoms with E-state index in [-0.39, 0.29) is 0 Å². The van der Waals surface area contributed by atoms with Crippen LogP contribution in [0.3, 0.4) is 0 Å². The van der Waals surface area contributed by atoms with Gasteiger partial charge in [0.15, 0.2) is 0 Å². The van der Waals surface area contributed by atoms with Crippen molar-refractivity contribution in [2.24, 2.45) is 0 Å². The predicted octanol–water partition coefficient (Wildman–Crippen LogP) is 2.81. The van der Waals surface area contributed by atoms with E-state index in [0.29, 0.717) is 6.10 Å². The first-order valence-corrected chi connectivity index (χ1v) is 7.64. The van der Waals surface area contributed by atoms with E-state index in [9.17, 15) is 0 Å². The molecule has 104 valence electrons. The van der Waals surface area contributed by atoms with Gasteiger partial charge in [-0.15, -0.1) is 0 Å². The van der Waals surface area contributed by atoms with Crippen LogP contribution >= 0.6 is 0 Å². The van der Waals surface area contributed by atoms with E-state index in [0.717, 1.165) is 31.9 Å². The third-order valence-electron chi connectivity index (χ3n) is 4.17. The van der Waals surface area contributed by atoms with E-state index in [2.05, 4.69) is 34.5 Å². The van der Waals surface area contributed by atoms with Crippen LogP contribution in [0.4, 0.5) is 5.69 Å². The van der Waals surface area contributed by atoms with Crippen LogP contribution in [0.5, 0.6) is 5.75 Å². The first-order chi connectivity index (χ1) is 9.42. The lowest BCUT2D eigenvalue weighted by atomic mass is 9.98. The topological polar surface area (TPSA) is 24.5 Å². The van der Waals surface area contributed by atoms with E-state index < -0.39 is 0 Å². The molecule has 1 N–H and O–H groups in total. The Kier molecular flexibility index (Phi) is 4.23. The van der Waals surface area contributed by atoms with Gasteiger partial charge in [-0.1, -0.05) is 6.42 Å². The fraction of sp³-hybridized carbons (Fsp3) is 0.625. The van der Waals surface area contributed by atoms with Gasteiger partial charge in [0.2, 0.25) is 0 Å². The van der Waals surface area contributed by atoms with Gasteiger partial charge in [0.25, 0.3) is 0 Å². The summed E-state index contributed by atoms with van der Waals surface area (Å²) in [5.74, 6) is 1.03. The molecule has 0 unspecified atom stereocenters. The lowest BCUT2D eigenvalue weighted by molar-refractivity contribution is 0.155. The van der Waals surface area contributed by atoms with E-state index in [1.807, 2.05) is 0 Å². The zero-order valence-corrected chi connectivity index (χ0v) is 11.6. The highest BCUT2D eigenvalue weighted by molar-refractivity contribution is 5.49. The van der Waals surface area contributed by atoms with E-state index in [4.69, 9.17) is 4.74 Å². The third-order valence-corrected chi connectivity index (χ3v) is 4.17. The van der Waals surface area contributed by atoms with Crippen LogP contribution in [0.25, 0.3) is 0 Å². The highest BCUT2D eigenvalue weighted by Gasteiger charge is 2.15. The number of hydrogen-bond donors (Lipinski definition) is 1. The quantitative estimate of drug-likeness (QED) is 0.904. The number of ether oxygens (including phenoxy) is 1. The second-order valence-electron chi connectivity index (χ2n) is 5.61. The van der Waals surface area contributed by atoms with Crippen molar-refractivity contribution in [3.05, 3.63) is 24.3 Å². The van der Waals surface area contributed by atoms with Crippen LogP contribution in [0.1, 0.15) is 32.1 Å². The Morgan fingerprint density at radius 2 is 1.63 bits per heavy atom. The molecule has 1 saturated heterocycles. The van der Waals surface area contributed by atoms with Crippen LogP contribution in [0.2, 0.25) is 0 Å². The summed E-state index contributed by atoms with van der Waals surface area (Å²) >= 11 is 0. The van der Waals surface area contributed by atoms with Crippen LogP contribution in [-0.4, -0.2) is 32.3 Å². The van der Waals surface area contributed by atoms with E-state index in [1.54, 1.807) is 0 Å². The van der Waals surface area contributed by atoms with Gasteiger partial charge >= 0.3 is 0 Å². The SMILES string of the molecule is c1cc(N2CCNCC2)ccc1OC1CCCCC1. The zero-order valence-electron chi connectivity index (χ0n) is 11.6. The molecule has 0 spiro atoms. The zero-order chi connectivity index (χ0) is 12.9. The summed E-state index contributed by atoms with van der Waals surface area (Å²) < 4.78 is 6.07. The van der Waals surface area contributed by atoms with E-state index in [1.165, 1.54) is 37.8 Å². The normalized spacial score (nSPS) is 21.4. The van der Waals surface area contributed by atoms with Gasteiger partial charge in [-0.2, -0.15) is 0 Å². The standard InChI is InChI=1S/C16H24N2O/c1-2-4-15(5-3-1)19-16-8-6-14(7-9-16)18-12-10-17-11-13-18/h6-9,15,17H,1-5,10-13H2. The number of rotatable bonds is 3. The first kappa shape index (κ1) is 12.8. The molecule has 1 saturated carbocycles. The summed E-state index contributed by atoms with van der Waals surface area (Å²) in [6, 6.07) is 8.66. The van der Waals surface area contributed by atoms with Gasteiger partial charge in [0.1, 0.15) is 5.75 Å². The lowest BCUT2D eigenvalue weighted by Gasteiger charge is -2.29. The van der Waals surface area contributed by atoms with Crippen molar-refractivity contribution in [2.45, 2.75) is 38.2 Å². The number of nitrogens with one attached hydrogen (secondary N) is 1. The van der Waals surface area contributed by atoms with Crippen LogP contribution in [0, 0.1) is 0 Å². The Hall–Kier alpha value is -1.22. The molecule has 0 amide bonds. The van der Waals surface area contributed by atoms with Crippen molar-refractivity contribution in [1.82, 2.24) is 5.32 Å². The van der Waals surface area contributed by atoms with Gasteiger partial charge in [-0.25, -0.2) is 0 Å². The molecule has 1 aliphatic heterocycles. The summed E-state index contributed by atoms with van der Waals surface area (Å²) in [5, 5.41) is 3.38. The number of benzene rings is 1. The van der Waals surface area contributed by atoms with Crippen molar-refractivity contribution in [1.29, 1.82) is 0 Å².